The normalized spacial score (nSPS) is 12.6. The predicted molar refractivity (Wildman–Crippen MR) is 147 cm³/mol. The van der Waals surface area contributed by atoms with E-state index in [1.54, 1.807) is 27.3 Å². The molecule has 0 unspecified atom stereocenters. The third kappa shape index (κ3) is 7.68. The van der Waals surface area contributed by atoms with Gasteiger partial charge in [0.25, 0.3) is 0 Å². The standard InChI is InChI=1S/C28H39N5O4/c1-7-9-13-28(4,14-12-19(3)34)33-26-25-23(15-22(18-29-25)37-8-2)31-27(32-26)30-17-20-10-11-21(35-5)16-24(20)36-6/h10-11,15-16,18H,7-9,12-14,17H2,1-6H3,(H2,30,31,32,33)/t28-/m1/s1. The molecule has 0 saturated carbocycles. The van der Waals surface area contributed by atoms with Crippen LogP contribution < -0.4 is 24.8 Å². The molecule has 0 bridgehead atoms. The van der Waals surface area contributed by atoms with Gasteiger partial charge in [0, 0.05) is 36.2 Å². The summed E-state index contributed by atoms with van der Waals surface area (Å²) >= 11 is 0. The number of carbonyl (C=O) groups excluding carboxylic acids is 1. The number of nitrogens with one attached hydrogen (secondary N) is 2. The van der Waals surface area contributed by atoms with E-state index < -0.39 is 0 Å². The van der Waals surface area contributed by atoms with Gasteiger partial charge in [-0.25, -0.2) is 9.97 Å². The molecule has 0 spiro atoms. The number of Topliss-reactive ketones (excluding diaryl/α,β-unsaturated/α-hetero) is 1. The number of ketones is 1. The Morgan fingerprint density at radius 1 is 1.05 bits per heavy atom. The molecule has 0 radical (unpaired) electrons. The molecule has 0 aliphatic carbocycles. The van der Waals surface area contributed by atoms with E-state index in [2.05, 4.69) is 29.5 Å². The third-order valence-electron chi connectivity index (χ3n) is 6.28. The SMILES string of the molecule is CCCC[C@](C)(CCC(C)=O)Nc1nc(NCc2ccc(OC)cc2OC)nc2cc(OCC)cnc12. The van der Waals surface area contributed by atoms with Crippen molar-refractivity contribution in [2.24, 2.45) is 0 Å². The van der Waals surface area contributed by atoms with Crippen LogP contribution in [0.25, 0.3) is 11.0 Å². The predicted octanol–water partition coefficient (Wildman–Crippen LogP) is 5.78. The molecule has 0 aliphatic heterocycles. The van der Waals surface area contributed by atoms with Gasteiger partial charge in [-0.2, -0.15) is 4.98 Å². The van der Waals surface area contributed by atoms with E-state index in [1.165, 1.54) is 0 Å². The zero-order chi connectivity index (χ0) is 26.8. The van der Waals surface area contributed by atoms with Crippen molar-refractivity contribution in [2.75, 3.05) is 31.5 Å². The van der Waals surface area contributed by atoms with E-state index in [-0.39, 0.29) is 11.3 Å². The van der Waals surface area contributed by atoms with Gasteiger partial charge in [0.1, 0.15) is 34.1 Å². The van der Waals surface area contributed by atoms with Crippen LogP contribution in [0.15, 0.2) is 30.5 Å². The van der Waals surface area contributed by atoms with E-state index in [4.69, 9.17) is 24.2 Å². The lowest BCUT2D eigenvalue weighted by atomic mass is 9.89. The zero-order valence-electron chi connectivity index (χ0n) is 22.8. The summed E-state index contributed by atoms with van der Waals surface area (Å²) < 4.78 is 16.5. The second-order valence-electron chi connectivity index (χ2n) is 9.39. The van der Waals surface area contributed by atoms with Crippen molar-refractivity contribution in [1.82, 2.24) is 15.0 Å². The molecule has 9 heteroatoms. The van der Waals surface area contributed by atoms with Gasteiger partial charge < -0.3 is 29.6 Å². The lowest BCUT2D eigenvalue weighted by molar-refractivity contribution is -0.117. The molecule has 0 saturated heterocycles. The van der Waals surface area contributed by atoms with Crippen molar-refractivity contribution in [2.45, 2.75) is 71.9 Å². The summed E-state index contributed by atoms with van der Waals surface area (Å²) in [6.07, 6.45) is 5.90. The van der Waals surface area contributed by atoms with Crippen LogP contribution in [0.4, 0.5) is 11.8 Å². The van der Waals surface area contributed by atoms with Crippen LogP contribution in [0.2, 0.25) is 0 Å². The average Bonchev–Trinajstić information content (AvgIpc) is 2.89. The molecule has 0 amide bonds. The lowest BCUT2D eigenvalue weighted by Gasteiger charge is -2.32. The quantitative estimate of drug-likeness (QED) is 0.263. The number of nitrogens with zero attached hydrogens (tertiary/aromatic N) is 3. The minimum Gasteiger partial charge on any atom is -0.497 e. The minimum absolute atomic E-state index is 0.173. The highest BCUT2D eigenvalue weighted by Crippen LogP contribution is 2.31. The average molecular weight is 510 g/mol. The number of unbranched alkanes of at least 4 members (excludes halogenated alkanes) is 1. The Hall–Kier alpha value is -3.62. The van der Waals surface area contributed by atoms with Crippen molar-refractivity contribution in [3.05, 3.63) is 36.0 Å². The summed E-state index contributed by atoms with van der Waals surface area (Å²) in [6, 6.07) is 7.55. The molecule has 9 nitrogen and oxygen atoms in total. The van der Waals surface area contributed by atoms with Crippen molar-refractivity contribution in [3.63, 3.8) is 0 Å². The highest BCUT2D eigenvalue weighted by molar-refractivity contribution is 5.87. The Balaban J connectivity index is 1.97. The fourth-order valence-corrected chi connectivity index (χ4v) is 4.14. The highest BCUT2D eigenvalue weighted by atomic mass is 16.5. The van der Waals surface area contributed by atoms with E-state index in [9.17, 15) is 4.79 Å². The maximum Gasteiger partial charge on any atom is 0.225 e. The Bertz CT molecular complexity index is 1200. The molecule has 0 fully saturated rings. The van der Waals surface area contributed by atoms with E-state index in [0.717, 1.165) is 30.6 Å². The number of pyridine rings is 1. The third-order valence-corrected chi connectivity index (χ3v) is 6.28. The Morgan fingerprint density at radius 2 is 1.86 bits per heavy atom. The minimum atomic E-state index is -0.320. The summed E-state index contributed by atoms with van der Waals surface area (Å²) in [5.41, 5.74) is 1.94. The van der Waals surface area contributed by atoms with Gasteiger partial charge in [-0.1, -0.05) is 19.8 Å². The number of fused-ring (bicyclic) bond motifs is 1. The lowest BCUT2D eigenvalue weighted by Crippen LogP contribution is -2.36. The van der Waals surface area contributed by atoms with Crippen molar-refractivity contribution in [1.29, 1.82) is 0 Å². The second-order valence-corrected chi connectivity index (χ2v) is 9.39. The van der Waals surface area contributed by atoms with Gasteiger partial charge in [0.15, 0.2) is 5.82 Å². The fraction of sp³-hybridized carbons (Fsp3) is 0.500. The van der Waals surface area contributed by atoms with E-state index in [0.29, 0.717) is 60.3 Å². The van der Waals surface area contributed by atoms with Crippen LogP contribution in [0.5, 0.6) is 17.2 Å². The fourth-order valence-electron chi connectivity index (χ4n) is 4.14. The number of ether oxygens (including phenoxy) is 3. The molecule has 2 N–H and O–H groups in total. The molecular formula is C28H39N5O4. The Labute approximate surface area is 219 Å². The van der Waals surface area contributed by atoms with Crippen LogP contribution in [-0.2, 0) is 11.3 Å². The first-order valence-corrected chi connectivity index (χ1v) is 12.8. The summed E-state index contributed by atoms with van der Waals surface area (Å²) in [5.74, 6) is 3.33. The van der Waals surface area contributed by atoms with Crippen LogP contribution in [0, 0.1) is 0 Å². The number of carbonyl (C=O) groups is 1. The first-order chi connectivity index (χ1) is 17.8. The van der Waals surface area contributed by atoms with Crippen LogP contribution >= 0.6 is 0 Å². The molecule has 37 heavy (non-hydrogen) atoms. The number of methoxy groups -OCH3 is 2. The summed E-state index contributed by atoms with van der Waals surface area (Å²) in [4.78, 5) is 26.0. The molecule has 3 rings (SSSR count). The number of anilines is 2. The number of hydrogen-bond acceptors (Lipinski definition) is 9. The number of rotatable bonds is 15. The van der Waals surface area contributed by atoms with Crippen molar-refractivity contribution < 1.29 is 19.0 Å². The Kier molecular flexibility index (Phi) is 9.88. The second kappa shape index (κ2) is 13.1. The van der Waals surface area contributed by atoms with Crippen LogP contribution in [0.1, 0.15) is 65.4 Å². The van der Waals surface area contributed by atoms with Gasteiger partial charge in [-0.05, 0) is 45.7 Å². The zero-order valence-corrected chi connectivity index (χ0v) is 22.8. The summed E-state index contributed by atoms with van der Waals surface area (Å²) in [7, 11) is 3.26. The molecular weight excluding hydrogens is 470 g/mol. The van der Waals surface area contributed by atoms with Crippen molar-refractivity contribution >= 4 is 28.6 Å². The molecule has 2 heterocycles. The van der Waals surface area contributed by atoms with Gasteiger partial charge in [0.05, 0.1) is 27.0 Å². The number of aromatic nitrogens is 3. The first kappa shape index (κ1) is 28.0. The van der Waals surface area contributed by atoms with E-state index >= 15 is 0 Å². The van der Waals surface area contributed by atoms with Crippen LogP contribution in [0.3, 0.4) is 0 Å². The highest BCUT2D eigenvalue weighted by Gasteiger charge is 2.26. The maximum atomic E-state index is 11.8. The molecule has 200 valence electrons. The molecule has 0 aliphatic rings. The van der Waals surface area contributed by atoms with E-state index in [1.807, 2.05) is 31.2 Å². The van der Waals surface area contributed by atoms with Crippen molar-refractivity contribution in [3.8, 4) is 17.2 Å². The largest absolute Gasteiger partial charge is 0.497 e. The van der Waals surface area contributed by atoms with Gasteiger partial charge in [-0.15, -0.1) is 0 Å². The Morgan fingerprint density at radius 3 is 2.54 bits per heavy atom. The summed E-state index contributed by atoms with van der Waals surface area (Å²) in [5, 5.41) is 6.96. The maximum absolute atomic E-state index is 11.8. The molecule has 2 aromatic heterocycles. The first-order valence-electron chi connectivity index (χ1n) is 12.8. The number of benzene rings is 1. The molecule has 1 atom stereocenters. The molecule has 3 aromatic rings. The van der Waals surface area contributed by atoms with Gasteiger partial charge in [-0.3, -0.25) is 0 Å². The van der Waals surface area contributed by atoms with Gasteiger partial charge in [0.2, 0.25) is 5.95 Å². The van der Waals surface area contributed by atoms with Gasteiger partial charge >= 0.3 is 0 Å². The van der Waals surface area contributed by atoms with Crippen LogP contribution in [-0.4, -0.2) is 47.1 Å². The summed E-state index contributed by atoms with van der Waals surface area (Å²) in [6.45, 7) is 8.86. The topological polar surface area (TPSA) is 107 Å². The number of hydrogen-bond donors (Lipinski definition) is 2. The smallest absolute Gasteiger partial charge is 0.225 e. The monoisotopic (exact) mass is 509 g/mol. The molecule has 1 aromatic carbocycles.